The molecule has 3 heterocycles. The average Bonchev–Trinajstić information content (AvgIpc) is 2.64. The molecule has 2 aromatic rings. The van der Waals surface area contributed by atoms with Crippen molar-refractivity contribution in [3.05, 3.63) is 40.9 Å². The van der Waals surface area contributed by atoms with Crippen LogP contribution < -0.4 is 10.5 Å². The molecule has 5 heteroatoms. The van der Waals surface area contributed by atoms with Crippen LogP contribution in [0.5, 0.6) is 0 Å². The number of hydrogen-bond acceptors (Lipinski definition) is 4. The van der Waals surface area contributed by atoms with Crippen LogP contribution in [-0.4, -0.2) is 27.1 Å². The van der Waals surface area contributed by atoms with E-state index in [9.17, 15) is 4.79 Å². The summed E-state index contributed by atoms with van der Waals surface area (Å²) < 4.78 is 1.71. The van der Waals surface area contributed by atoms with E-state index < -0.39 is 0 Å². The van der Waals surface area contributed by atoms with Gasteiger partial charge < -0.3 is 4.90 Å². The minimum absolute atomic E-state index is 0.00439. The SMILES string of the molecule is Cn1c(N2CCCC3CCCCC32)nc(-c2ccncc2)cc1=O. The molecule has 0 amide bonds. The second kappa shape index (κ2) is 6.38. The maximum Gasteiger partial charge on any atom is 0.255 e. The first-order chi connectivity index (χ1) is 11.7. The molecule has 0 spiro atoms. The molecule has 1 aliphatic heterocycles. The first-order valence-electron chi connectivity index (χ1n) is 8.99. The Hall–Kier alpha value is -2.17. The van der Waals surface area contributed by atoms with E-state index in [1.54, 1.807) is 23.0 Å². The summed E-state index contributed by atoms with van der Waals surface area (Å²) in [5, 5.41) is 0. The standard InChI is InChI=1S/C19H24N4O/c1-22-18(24)13-16(14-8-10-20-11-9-14)21-19(22)23-12-4-6-15-5-2-3-7-17(15)23/h8-11,13,15,17H,2-7,12H2,1H3. The summed E-state index contributed by atoms with van der Waals surface area (Å²) in [5.41, 5.74) is 1.69. The predicted molar refractivity (Wildman–Crippen MR) is 95.0 cm³/mol. The predicted octanol–water partition coefficient (Wildman–Crippen LogP) is 3.00. The first kappa shape index (κ1) is 15.4. The first-order valence-corrected chi connectivity index (χ1v) is 8.99. The van der Waals surface area contributed by atoms with E-state index in [-0.39, 0.29) is 5.56 Å². The van der Waals surface area contributed by atoms with Gasteiger partial charge in [-0.25, -0.2) is 4.98 Å². The van der Waals surface area contributed by atoms with Crippen molar-refractivity contribution in [2.75, 3.05) is 11.4 Å². The Morgan fingerprint density at radius 1 is 1.08 bits per heavy atom. The van der Waals surface area contributed by atoms with Crippen molar-refractivity contribution >= 4 is 5.95 Å². The minimum atomic E-state index is 0.00439. The number of nitrogens with zero attached hydrogens (tertiary/aromatic N) is 4. The van der Waals surface area contributed by atoms with E-state index in [4.69, 9.17) is 4.98 Å². The third-order valence-electron chi connectivity index (χ3n) is 5.59. The zero-order valence-electron chi connectivity index (χ0n) is 14.2. The molecule has 24 heavy (non-hydrogen) atoms. The largest absolute Gasteiger partial charge is 0.339 e. The van der Waals surface area contributed by atoms with E-state index in [2.05, 4.69) is 9.88 Å². The summed E-state index contributed by atoms with van der Waals surface area (Å²) in [6, 6.07) is 5.98. The maximum absolute atomic E-state index is 12.5. The molecular weight excluding hydrogens is 300 g/mol. The van der Waals surface area contributed by atoms with E-state index in [0.717, 1.165) is 29.7 Å². The van der Waals surface area contributed by atoms with Crippen LogP contribution in [0.1, 0.15) is 38.5 Å². The molecule has 0 aromatic carbocycles. The van der Waals surface area contributed by atoms with Gasteiger partial charge in [-0.05, 0) is 43.7 Å². The normalized spacial score (nSPS) is 23.8. The Morgan fingerprint density at radius 2 is 1.83 bits per heavy atom. The number of aromatic nitrogens is 3. The van der Waals surface area contributed by atoms with Crippen LogP contribution in [0.4, 0.5) is 5.95 Å². The van der Waals surface area contributed by atoms with Crippen molar-refractivity contribution in [2.45, 2.75) is 44.6 Å². The van der Waals surface area contributed by atoms with E-state index in [1.807, 2.05) is 19.2 Å². The number of hydrogen-bond donors (Lipinski definition) is 0. The van der Waals surface area contributed by atoms with Gasteiger partial charge in [-0.2, -0.15) is 0 Å². The van der Waals surface area contributed by atoms with Crippen molar-refractivity contribution in [1.29, 1.82) is 0 Å². The molecule has 1 saturated heterocycles. The smallest absolute Gasteiger partial charge is 0.255 e. The molecule has 2 aromatic heterocycles. The van der Waals surface area contributed by atoms with Crippen LogP contribution in [0, 0.1) is 5.92 Å². The molecule has 0 radical (unpaired) electrons. The van der Waals surface area contributed by atoms with Gasteiger partial charge in [0.2, 0.25) is 5.95 Å². The van der Waals surface area contributed by atoms with Crippen molar-refractivity contribution < 1.29 is 0 Å². The molecule has 2 atom stereocenters. The fourth-order valence-electron chi connectivity index (χ4n) is 4.33. The Kier molecular flexibility index (Phi) is 4.08. The van der Waals surface area contributed by atoms with Gasteiger partial charge in [0.1, 0.15) is 0 Å². The highest BCUT2D eigenvalue weighted by molar-refractivity contribution is 5.59. The molecule has 1 aliphatic carbocycles. The highest BCUT2D eigenvalue weighted by Crippen LogP contribution is 2.37. The lowest BCUT2D eigenvalue weighted by Gasteiger charge is -2.45. The Bertz CT molecular complexity index is 769. The monoisotopic (exact) mass is 324 g/mol. The van der Waals surface area contributed by atoms with Crippen LogP contribution >= 0.6 is 0 Å². The Balaban J connectivity index is 1.77. The number of fused-ring (bicyclic) bond motifs is 1. The van der Waals surface area contributed by atoms with Gasteiger partial charge in [0, 0.05) is 43.7 Å². The maximum atomic E-state index is 12.5. The second-order valence-corrected chi connectivity index (χ2v) is 7.02. The summed E-state index contributed by atoms with van der Waals surface area (Å²) >= 11 is 0. The van der Waals surface area contributed by atoms with Crippen molar-refractivity contribution in [2.24, 2.45) is 13.0 Å². The average molecular weight is 324 g/mol. The zero-order chi connectivity index (χ0) is 16.5. The van der Waals surface area contributed by atoms with Gasteiger partial charge in [0.05, 0.1) is 5.69 Å². The van der Waals surface area contributed by atoms with E-state index in [0.29, 0.717) is 6.04 Å². The molecule has 2 aliphatic rings. The van der Waals surface area contributed by atoms with E-state index >= 15 is 0 Å². The molecule has 0 N–H and O–H groups in total. The van der Waals surface area contributed by atoms with Gasteiger partial charge in [0.25, 0.3) is 5.56 Å². The fraction of sp³-hybridized carbons (Fsp3) is 0.526. The third kappa shape index (κ3) is 2.72. The molecule has 126 valence electrons. The highest BCUT2D eigenvalue weighted by atomic mass is 16.1. The Morgan fingerprint density at radius 3 is 2.67 bits per heavy atom. The molecule has 2 unspecified atom stereocenters. The van der Waals surface area contributed by atoms with Crippen LogP contribution in [0.3, 0.4) is 0 Å². The van der Waals surface area contributed by atoms with Crippen molar-refractivity contribution in [3.63, 3.8) is 0 Å². The zero-order valence-corrected chi connectivity index (χ0v) is 14.2. The van der Waals surface area contributed by atoms with Gasteiger partial charge in [-0.15, -0.1) is 0 Å². The van der Waals surface area contributed by atoms with E-state index in [1.165, 1.54) is 38.5 Å². The van der Waals surface area contributed by atoms with Gasteiger partial charge >= 0.3 is 0 Å². The number of piperidine rings is 1. The topological polar surface area (TPSA) is 51.0 Å². The third-order valence-corrected chi connectivity index (χ3v) is 5.59. The summed E-state index contributed by atoms with van der Waals surface area (Å²) in [4.78, 5) is 23.9. The lowest BCUT2D eigenvalue weighted by atomic mass is 9.78. The molecular formula is C19H24N4O. The molecule has 1 saturated carbocycles. The summed E-state index contributed by atoms with van der Waals surface area (Å²) in [5.74, 6) is 1.58. The minimum Gasteiger partial charge on any atom is -0.339 e. The van der Waals surface area contributed by atoms with Gasteiger partial charge in [0.15, 0.2) is 0 Å². The molecule has 4 rings (SSSR count). The number of pyridine rings is 1. The summed E-state index contributed by atoms with van der Waals surface area (Å²) in [6.45, 7) is 1.00. The van der Waals surface area contributed by atoms with Crippen LogP contribution in [0.25, 0.3) is 11.3 Å². The molecule has 5 nitrogen and oxygen atoms in total. The quantitative estimate of drug-likeness (QED) is 0.852. The molecule has 2 fully saturated rings. The Labute approximate surface area is 142 Å². The van der Waals surface area contributed by atoms with Crippen LogP contribution in [0.15, 0.2) is 35.4 Å². The second-order valence-electron chi connectivity index (χ2n) is 7.02. The lowest BCUT2D eigenvalue weighted by molar-refractivity contribution is 0.240. The fourth-order valence-corrected chi connectivity index (χ4v) is 4.33. The highest BCUT2D eigenvalue weighted by Gasteiger charge is 2.35. The van der Waals surface area contributed by atoms with Crippen LogP contribution in [0.2, 0.25) is 0 Å². The van der Waals surface area contributed by atoms with Crippen molar-refractivity contribution in [3.8, 4) is 11.3 Å². The number of rotatable bonds is 2. The summed E-state index contributed by atoms with van der Waals surface area (Å²) in [6.07, 6.45) is 11.2. The van der Waals surface area contributed by atoms with Gasteiger partial charge in [-0.1, -0.05) is 12.8 Å². The summed E-state index contributed by atoms with van der Waals surface area (Å²) in [7, 11) is 1.84. The van der Waals surface area contributed by atoms with Crippen LogP contribution in [-0.2, 0) is 7.05 Å². The number of anilines is 1. The van der Waals surface area contributed by atoms with Crippen molar-refractivity contribution in [1.82, 2.24) is 14.5 Å². The molecule has 0 bridgehead atoms. The van der Waals surface area contributed by atoms with Gasteiger partial charge in [-0.3, -0.25) is 14.3 Å². The lowest BCUT2D eigenvalue weighted by Crippen LogP contribution is -2.49.